The van der Waals surface area contributed by atoms with E-state index in [1.807, 2.05) is 6.07 Å². The molecule has 0 atom stereocenters. The van der Waals surface area contributed by atoms with Gasteiger partial charge in [0.2, 0.25) is 5.91 Å². The van der Waals surface area contributed by atoms with Crippen molar-refractivity contribution in [1.29, 1.82) is 0 Å². The Morgan fingerprint density at radius 1 is 1.13 bits per heavy atom. The Kier molecular flexibility index (Phi) is 6.91. The van der Waals surface area contributed by atoms with E-state index in [1.54, 1.807) is 4.90 Å². The lowest BCUT2D eigenvalue weighted by Crippen LogP contribution is -2.51. The Bertz CT molecular complexity index is 803. The number of thiophene rings is 1. The van der Waals surface area contributed by atoms with Crippen LogP contribution < -0.4 is 4.90 Å². The molecule has 0 aromatic carbocycles. The summed E-state index contributed by atoms with van der Waals surface area (Å²) in [5.74, 6) is -0.387. The van der Waals surface area contributed by atoms with Crippen molar-refractivity contribution in [3.63, 3.8) is 0 Å². The minimum Gasteiger partial charge on any atom is -0.477 e. The summed E-state index contributed by atoms with van der Waals surface area (Å²) in [5, 5.41) is 9.94. The van der Waals surface area contributed by atoms with Gasteiger partial charge in [-0.1, -0.05) is 13.0 Å². The number of carboxylic acid groups (broad SMARTS) is 1. The number of carbonyl (C=O) groups excluding carboxylic acids is 1. The van der Waals surface area contributed by atoms with Crippen LogP contribution in [0.2, 0.25) is 0 Å². The van der Waals surface area contributed by atoms with Crippen LogP contribution >= 0.6 is 11.3 Å². The van der Waals surface area contributed by atoms with Crippen molar-refractivity contribution in [3.05, 3.63) is 21.9 Å². The van der Waals surface area contributed by atoms with Crippen LogP contribution in [0.25, 0.3) is 5.57 Å². The number of anilines is 1. The number of rotatable bonds is 5. The molecule has 2 heterocycles. The minimum atomic E-state index is -0.981. The smallest absolute Gasteiger partial charge is 0.348 e. The molecule has 0 unspecified atom stereocenters. The van der Waals surface area contributed by atoms with Gasteiger partial charge in [-0.25, -0.2) is 4.79 Å². The van der Waals surface area contributed by atoms with Gasteiger partial charge in [0.15, 0.2) is 0 Å². The quantitative estimate of drug-likeness (QED) is 0.712. The van der Waals surface area contributed by atoms with E-state index in [0.717, 1.165) is 49.8 Å². The van der Waals surface area contributed by atoms with E-state index < -0.39 is 5.97 Å². The number of hydrogen-bond acceptors (Lipinski definition) is 5. The second-order valence-electron chi connectivity index (χ2n) is 8.78. The molecule has 1 aromatic heterocycles. The van der Waals surface area contributed by atoms with Gasteiger partial charge >= 0.3 is 5.97 Å². The van der Waals surface area contributed by atoms with Gasteiger partial charge in [-0.3, -0.25) is 4.79 Å². The van der Waals surface area contributed by atoms with E-state index in [0.29, 0.717) is 24.8 Å². The maximum atomic E-state index is 13.7. The number of amides is 1. The predicted octanol–water partition coefficient (Wildman–Crippen LogP) is 4.94. The molecule has 1 N–H and O–H groups in total. The average molecular weight is 434 g/mol. The Morgan fingerprint density at radius 3 is 2.50 bits per heavy atom. The van der Waals surface area contributed by atoms with Crippen molar-refractivity contribution in [1.82, 2.24) is 0 Å². The molecule has 1 aliphatic heterocycles. The molecule has 0 spiro atoms. The van der Waals surface area contributed by atoms with Gasteiger partial charge in [0, 0.05) is 10.8 Å². The highest BCUT2D eigenvalue weighted by Crippen LogP contribution is 2.40. The Morgan fingerprint density at radius 2 is 1.87 bits per heavy atom. The molecule has 4 rings (SSSR count). The zero-order chi connectivity index (χ0) is 21.1. The first kappa shape index (κ1) is 21.5. The number of ether oxygens (including phenoxy) is 2. The normalized spacial score (nSPS) is 25.6. The molecule has 6 nitrogen and oxygen atoms in total. The van der Waals surface area contributed by atoms with E-state index >= 15 is 0 Å². The van der Waals surface area contributed by atoms with Crippen LogP contribution in [0, 0.1) is 11.8 Å². The first-order valence-electron chi connectivity index (χ1n) is 11.1. The summed E-state index contributed by atoms with van der Waals surface area (Å²) < 4.78 is 11.0. The van der Waals surface area contributed by atoms with Gasteiger partial charge in [0.25, 0.3) is 0 Å². The summed E-state index contributed by atoms with van der Waals surface area (Å²) in [4.78, 5) is 28.7. The molecule has 0 radical (unpaired) electrons. The number of allylic oxidation sites excluding steroid dienone is 2. The standard InChI is InChI=1S/C23H31NO5S/c1-15-7-9-17(10-8-15)22(25)24(18-12-28-14-29-13-18)19-11-20(30-21(19)23(26)27)16-5-3-2-4-6-16/h5,11,15,17-18H,2-4,6-10,12-14H2,1H3,(H,26,27). The van der Waals surface area contributed by atoms with Crippen LogP contribution in [-0.2, 0) is 14.3 Å². The number of carbonyl (C=O) groups is 2. The zero-order valence-corrected chi connectivity index (χ0v) is 18.4. The second kappa shape index (κ2) is 9.62. The van der Waals surface area contributed by atoms with Crippen molar-refractivity contribution in [3.8, 4) is 0 Å². The van der Waals surface area contributed by atoms with Crippen LogP contribution in [0.15, 0.2) is 12.1 Å². The molecule has 2 aliphatic carbocycles. The summed E-state index contributed by atoms with van der Waals surface area (Å²) >= 11 is 1.29. The fourth-order valence-corrected chi connectivity index (χ4v) is 5.81. The summed E-state index contributed by atoms with van der Waals surface area (Å²) in [6.07, 6.45) is 10.3. The van der Waals surface area contributed by atoms with E-state index in [4.69, 9.17) is 9.47 Å². The van der Waals surface area contributed by atoms with E-state index in [2.05, 4.69) is 13.0 Å². The van der Waals surface area contributed by atoms with Crippen LogP contribution in [0.4, 0.5) is 5.69 Å². The molecule has 1 saturated carbocycles. The largest absolute Gasteiger partial charge is 0.477 e. The lowest BCUT2D eigenvalue weighted by Gasteiger charge is -2.37. The lowest BCUT2D eigenvalue weighted by molar-refractivity contribution is -0.131. The van der Waals surface area contributed by atoms with Crippen molar-refractivity contribution < 1.29 is 24.2 Å². The number of hydrogen-bond donors (Lipinski definition) is 1. The fraction of sp³-hybridized carbons (Fsp3) is 0.652. The van der Waals surface area contributed by atoms with Gasteiger partial charge in [0.05, 0.1) is 24.9 Å². The van der Waals surface area contributed by atoms with Crippen LogP contribution in [0.1, 0.15) is 72.8 Å². The maximum absolute atomic E-state index is 13.7. The first-order chi connectivity index (χ1) is 14.5. The zero-order valence-electron chi connectivity index (χ0n) is 17.6. The predicted molar refractivity (Wildman–Crippen MR) is 117 cm³/mol. The Balaban J connectivity index is 1.70. The van der Waals surface area contributed by atoms with Gasteiger partial charge in [-0.15, -0.1) is 11.3 Å². The van der Waals surface area contributed by atoms with Crippen molar-refractivity contribution in [2.24, 2.45) is 11.8 Å². The molecule has 1 saturated heterocycles. The molecule has 3 aliphatic rings. The van der Waals surface area contributed by atoms with E-state index in [9.17, 15) is 14.7 Å². The van der Waals surface area contributed by atoms with E-state index in [-0.39, 0.29) is 29.5 Å². The van der Waals surface area contributed by atoms with E-state index in [1.165, 1.54) is 23.3 Å². The second-order valence-corrected chi connectivity index (χ2v) is 9.84. The van der Waals surface area contributed by atoms with Crippen molar-refractivity contribution >= 4 is 34.5 Å². The molecule has 7 heteroatoms. The number of carboxylic acids is 1. The third-order valence-corrected chi connectivity index (χ3v) is 7.72. The van der Waals surface area contributed by atoms with Gasteiger partial charge in [-0.05, 0) is 68.9 Å². The maximum Gasteiger partial charge on any atom is 0.348 e. The highest BCUT2D eigenvalue weighted by atomic mass is 32.1. The molecule has 30 heavy (non-hydrogen) atoms. The molecular weight excluding hydrogens is 402 g/mol. The van der Waals surface area contributed by atoms with Gasteiger partial charge < -0.3 is 19.5 Å². The van der Waals surface area contributed by atoms with Crippen molar-refractivity contribution in [2.75, 3.05) is 24.9 Å². The molecule has 1 aromatic rings. The van der Waals surface area contributed by atoms with Crippen LogP contribution in [-0.4, -0.2) is 43.0 Å². The summed E-state index contributed by atoms with van der Waals surface area (Å²) in [6.45, 7) is 3.17. The summed E-state index contributed by atoms with van der Waals surface area (Å²) in [7, 11) is 0. The molecule has 2 fully saturated rings. The highest BCUT2D eigenvalue weighted by molar-refractivity contribution is 7.15. The number of aromatic carboxylic acids is 1. The topological polar surface area (TPSA) is 76.1 Å². The molecular formula is C23H31NO5S. The molecule has 1 amide bonds. The van der Waals surface area contributed by atoms with Crippen LogP contribution in [0.3, 0.4) is 0 Å². The first-order valence-corrected chi connectivity index (χ1v) is 11.9. The molecule has 164 valence electrons. The van der Waals surface area contributed by atoms with Gasteiger partial charge in [-0.2, -0.15) is 0 Å². The third kappa shape index (κ3) is 4.63. The number of nitrogens with zero attached hydrogens (tertiary/aromatic N) is 1. The highest BCUT2D eigenvalue weighted by Gasteiger charge is 2.37. The van der Waals surface area contributed by atoms with Crippen molar-refractivity contribution in [2.45, 2.75) is 64.3 Å². The Labute approximate surface area is 181 Å². The van der Waals surface area contributed by atoms with Gasteiger partial charge in [0.1, 0.15) is 11.7 Å². The summed E-state index contributed by atoms with van der Waals surface area (Å²) in [5.41, 5.74) is 1.71. The molecule has 0 bridgehead atoms. The minimum absolute atomic E-state index is 0.0190. The summed E-state index contributed by atoms with van der Waals surface area (Å²) in [6, 6.07) is 1.62. The lowest BCUT2D eigenvalue weighted by atomic mass is 9.82. The third-order valence-electron chi connectivity index (χ3n) is 6.53. The average Bonchev–Trinajstić information content (AvgIpc) is 3.21. The Hall–Kier alpha value is -1.70. The van der Waals surface area contributed by atoms with Crippen LogP contribution in [0.5, 0.6) is 0 Å². The monoisotopic (exact) mass is 433 g/mol. The fourth-order valence-electron chi connectivity index (χ4n) is 4.76. The SMILES string of the molecule is CC1CCC(C(=O)N(c2cc(C3=CCCCC3)sc2C(=O)O)C2COCOC2)CC1.